The Morgan fingerprint density at radius 1 is 0.913 bits per heavy atom. The molecule has 7 heteroatoms. The van der Waals surface area contributed by atoms with Crippen LogP contribution in [0.3, 0.4) is 0 Å². The maximum atomic E-state index is 14.4. The molecule has 0 spiro atoms. The second-order valence-corrected chi connectivity index (χ2v) is 12.1. The van der Waals surface area contributed by atoms with Gasteiger partial charge in [0.2, 0.25) is 5.91 Å². The SMILES string of the molecule is COc1cc2c(cc1F)CCN(CCCC(CCCNC(=O)CCc1ccc(F)cc1)(c1ccccc1)c1ccccc1)C2C.Cl. The number of rotatable bonds is 14. The summed E-state index contributed by atoms with van der Waals surface area (Å²) in [6.45, 7) is 4.63. The van der Waals surface area contributed by atoms with Gasteiger partial charge in [-0.1, -0.05) is 72.8 Å². The van der Waals surface area contributed by atoms with E-state index in [-0.39, 0.29) is 41.4 Å². The Bertz CT molecular complexity index is 1490. The van der Waals surface area contributed by atoms with Gasteiger partial charge in [-0.05, 0) is 104 Å². The molecule has 0 aliphatic carbocycles. The predicted octanol–water partition coefficient (Wildman–Crippen LogP) is 8.61. The van der Waals surface area contributed by atoms with Crippen molar-refractivity contribution in [2.24, 2.45) is 0 Å². The van der Waals surface area contributed by atoms with Crippen LogP contribution in [0.15, 0.2) is 97.1 Å². The number of benzene rings is 4. The van der Waals surface area contributed by atoms with Crippen molar-refractivity contribution in [1.82, 2.24) is 10.2 Å². The molecule has 4 aromatic carbocycles. The van der Waals surface area contributed by atoms with Crippen LogP contribution in [0.1, 0.15) is 72.9 Å². The Morgan fingerprint density at radius 2 is 1.54 bits per heavy atom. The molecule has 0 aromatic heterocycles. The van der Waals surface area contributed by atoms with E-state index in [2.05, 4.69) is 77.8 Å². The first-order valence-electron chi connectivity index (χ1n) is 16.1. The molecular weight excluding hydrogens is 602 g/mol. The number of ether oxygens (including phenoxy) is 1. The summed E-state index contributed by atoms with van der Waals surface area (Å²) in [5.74, 6) is -0.245. The average molecular weight is 647 g/mol. The summed E-state index contributed by atoms with van der Waals surface area (Å²) in [6.07, 6.45) is 5.48. The van der Waals surface area contributed by atoms with E-state index in [4.69, 9.17) is 4.74 Å². The Hall–Kier alpha value is -3.74. The molecule has 0 bridgehead atoms. The molecule has 0 saturated heterocycles. The molecule has 1 atom stereocenters. The van der Waals surface area contributed by atoms with Gasteiger partial charge < -0.3 is 10.1 Å². The van der Waals surface area contributed by atoms with Gasteiger partial charge in [0.25, 0.3) is 0 Å². The van der Waals surface area contributed by atoms with E-state index < -0.39 is 0 Å². The van der Waals surface area contributed by atoms with Crippen molar-refractivity contribution in [1.29, 1.82) is 0 Å². The minimum atomic E-state index is -0.295. The molecule has 4 nitrogen and oxygen atoms in total. The number of nitrogens with zero attached hydrogens (tertiary/aromatic N) is 1. The molecule has 0 fully saturated rings. The summed E-state index contributed by atoms with van der Waals surface area (Å²) in [7, 11) is 1.52. The third-order valence-electron chi connectivity index (χ3n) is 9.44. The summed E-state index contributed by atoms with van der Waals surface area (Å²) in [4.78, 5) is 15.2. The normalized spacial score (nSPS) is 14.7. The highest BCUT2D eigenvalue weighted by Crippen LogP contribution is 2.42. The van der Waals surface area contributed by atoms with Crippen molar-refractivity contribution in [3.63, 3.8) is 0 Å². The van der Waals surface area contributed by atoms with E-state index in [1.165, 1.54) is 30.4 Å². The standard InChI is InChI=1S/C39H44F2N2O2.ClH/c1-29-35-28-37(45-2)36(41)27-31(35)21-26-43(29)25-10-23-39(32-11-5-3-6-12-32,33-13-7-4-8-14-33)22-9-24-42-38(44)20-17-30-15-18-34(40)19-16-30;/h3-8,11-16,18-19,27-29H,9-10,17,20-26H2,1-2H3,(H,42,44);1H. The maximum Gasteiger partial charge on any atom is 0.220 e. The Morgan fingerprint density at radius 3 is 2.17 bits per heavy atom. The number of hydrogen-bond donors (Lipinski definition) is 1. The number of fused-ring (bicyclic) bond motifs is 1. The molecule has 1 aliphatic heterocycles. The number of aryl methyl sites for hydroxylation is 1. The van der Waals surface area contributed by atoms with Gasteiger partial charge in [-0.2, -0.15) is 0 Å². The monoisotopic (exact) mass is 646 g/mol. The van der Waals surface area contributed by atoms with Gasteiger partial charge >= 0.3 is 0 Å². The zero-order valence-electron chi connectivity index (χ0n) is 26.8. The zero-order chi connectivity index (χ0) is 31.6. The minimum Gasteiger partial charge on any atom is -0.494 e. The van der Waals surface area contributed by atoms with Gasteiger partial charge in [-0.25, -0.2) is 8.78 Å². The molecule has 4 aromatic rings. The van der Waals surface area contributed by atoms with E-state index in [0.29, 0.717) is 25.1 Å². The number of halogens is 3. The third-order valence-corrected chi connectivity index (χ3v) is 9.44. The topological polar surface area (TPSA) is 41.6 Å². The minimum absolute atomic E-state index is 0. The number of nitrogens with one attached hydrogen (secondary N) is 1. The van der Waals surface area contributed by atoms with Gasteiger partial charge in [0.05, 0.1) is 7.11 Å². The van der Waals surface area contributed by atoms with Crippen LogP contribution in [0.25, 0.3) is 0 Å². The first kappa shape index (κ1) is 35.1. The number of carbonyl (C=O) groups excluding carboxylic acids is 1. The van der Waals surface area contributed by atoms with E-state index in [9.17, 15) is 13.6 Å². The molecule has 5 rings (SSSR count). The lowest BCUT2D eigenvalue weighted by molar-refractivity contribution is -0.121. The number of carbonyl (C=O) groups is 1. The first-order valence-corrected chi connectivity index (χ1v) is 16.1. The molecule has 1 amide bonds. The van der Waals surface area contributed by atoms with Crippen LogP contribution < -0.4 is 10.1 Å². The fourth-order valence-corrected chi connectivity index (χ4v) is 6.91. The van der Waals surface area contributed by atoms with Gasteiger partial charge in [-0.3, -0.25) is 9.69 Å². The summed E-state index contributed by atoms with van der Waals surface area (Å²) < 4.78 is 32.9. The van der Waals surface area contributed by atoms with Crippen molar-refractivity contribution >= 4 is 18.3 Å². The molecule has 46 heavy (non-hydrogen) atoms. The van der Waals surface area contributed by atoms with Crippen molar-refractivity contribution < 1.29 is 18.3 Å². The molecule has 1 aliphatic rings. The van der Waals surface area contributed by atoms with Crippen LogP contribution in [0.2, 0.25) is 0 Å². The van der Waals surface area contributed by atoms with Crippen molar-refractivity contribution in [3.8, 4) is 5.75 Å². The van der Waals surface area contributed by atoms with Gasteiger partial charge in [0.1, 0.15) is 5.82 Å². The van der Waals surface area contributed by atoms with Crippen LogP contribution in [-0.4, -0.2) is 37.6 Å². The number of amides is 1. The molecule has 1 unspecified atom stereocenters. The summed E-state index contributed by atoms with van der Waals surface area (Å²) >= 11 is 0. The highest BCUT2D eigenvalue weighted by atomic mass is 35.5. The van der Waals surface area contributed by atoms with Gasteiger partial charge in [-0.15, -0.1) is 12.4 Å². The van der Waals surface area contributed by atoms with Gasteiger partial charge in [0, 0.05) is 31.0 Å². The van der Waals surface area contributed by atoms with E-state index >= 15 is 0 Å². The first-order chi connectivity index (χ1) is 21.9. The Kier molecular flexibility index (Phi) is 12.8. The molecule has 0 radical (unpaired) electrons. The lowest BCUT2D eigenvalue weighted by Gasteiger charge is -2.39. The van der Waals surface area contributed by atoms with Crippen LogP contribution in [0.5, 0.6) is 5.75 Å². The van der Waals surface area contributed by atoms with E-state index in [0.717, 1.165) is 61.9 Å². The maximum absolute atomic E-state index is 14.4. The lowest BCUT2D eigenvalue weighted by Crippen LogP contribution is -2.36. The van der Waals surface area contributed by atoms with E-state index in [1.807, 2.05) is 6.07 Å². The Labute approximate surface area is 278 Å². The molecule has 1 N–H and O–H groups in total. The van der Waals surface area contributed by atoms with Gasteiger partial charge in [0.15, 0.2) is 11.6 Å². The molecule has 244 valence electrons. The lowest BCUT2D eigenvalue weighted by atomic mass is 9.68. The number of methoxy groups -OCH3 is 1. The van der Waals surface area contributed by atoms with Crippen LogP contribution in [0.4, 0.5) is 8.78 Å². The average Bonchev–Trinajstić information content (AvgIpc) is 3.07. The van der Waals surface area contributed by atoms with Crippen molar-refractivity contribution in [2.75, 3.05) is 26.7 Å². The predicted molar refractivity (Wildman–Crippen MR) is 184 cm³/mol. The molecule has 0 saturated carbocycles. The van der Waals surface area contributed by atoms with Crippen LogP contribution in [-0.2, 0) is 23.1 Å². The second kappa shape index (κ2) is 16.7. The fourth-order valence-electron chi connectivity index (χ4n) is 6.91. The molecule has 1 heterocycles. The Balaban J connectivity index is 0.00000480. The summed E-state index contributed by atoms with van der Waals surface area (Å²) in [5.41, 5.74) is 5.54. The van der Waals surface area contributed by atoms with Crippen molar-refractivity contribution in [2.45, 2.75) is 63.3 Å². The number of hydrogen-bond acceptors (Lipinski definition) is 3. The molecular formula is C39H45ClF2N2O2. The van der Waals surface area contributed by atoms with Crippen LogP contribution in [0, 0.1) is 11.6 Å². The van der Waals surface area contributed by atoms with Crippen LogP contribution >= 0.6 is 12.4 Å². The smallest absolute Gasteiger partial charge is 0.220 e. The zero-order valence-corrected chi connectivity index (χ0v) is 27.6. The summed E-state index contributed by atoms with van der Waals surface area (Å²) in [6, 6.07) is 31.5. The fraction of sp³-hybridized carbons (Fsp3) is 0.359. The van der Waals surface area contributed by atoms with Crippen molar-refractivity contribution in [3.05, 3.63) is 137 Å². The summed E-state index contributed by atoms with van der Waals surface area (Å²) in [5, 5.41) is 3.12. The highest BCUT2D eigenvalue weighted by molar-refractivity contribution is 5.85. The van der Waals surface area contributed by atoms with E-state index in [1.54, 1.807) is 18.2 Å². The third kappa shape index (κ3) is 8.54. The largest absolute Gasteiger partial charge is 0.494 e. The highest BCUT2D eigenvalue weighted by Gasteiger charge is 2.34. The second-order valence-electron chi connectivity index (χ2n) is 12.1. The quantitative estimate of drug-likeness (QED) is 0.140.